The molecule has 144 valence electrons. The normalized spacial score (nSPS) is 15.5. The molecule has 0 bridgehead atoms. The summed E-state index contributed by atoms with van der Waals surface area (Å²) in [7, 11) is 0. The van der Waals surface area contributed by atoms with Crippen LogP contribution in [0, 0.1) is 5.92 Å². The predicted molar refractivity (Wildman–Crippen MR) is 90.7 cm³/mol. The van der Waals surface area contributed by atoms with Crippen molar-refractivity contribution in [2.24, 2.45) is 5.92 Å². The molecule has 0 atom stereocenters. The molecular weight excluding hydrogens is 363 g/mol. The Balaban J connectivity index is 1.90. The molecule has 6 nitrogen and oxygen atoms in total. The van der Waals surface area contributed by atoms with Gasteiger partial charge >= 0.3 is 12.1 Å². The first kappa shape index (κ1) is 18.9. The molecule has 1 aliphatic rings. The number of amides is 1. The van der Waals surface area contributed by atoms with Gasteiger partial charge < -0.3 is 10.4 Å². The summed E-state index contributed by atoms with van der Waals surface area (Å²) in [5.74, 6) is -1.97. The van der Waals surface area contributed by atoms with E-state index < -0.39 is 23.4 Å². The number of hydrogen-bond acceptors (Lipinski definition) is 3. The van der Waals surface area contributed by atoms with E-state index in [-0.39, 0.29) is 17.5 Å². The van der Waals surface area contributed by atoms with E-state index in [2.05, 4.69) is 10.4 Å². The number of halogens is 3. The second-order valence-electron chi connectivity index (χ2n) is 6.50. The summed E-state index contributed by atoms with van der Waals surface area (Å²) in [5.41, 5.74) is -1.95. The molecule has 0 unspecified atom stereocenters. The first-order valence-electron chi connectivity index (χ1n) is 8.57. The van der Waals surface area contributed by atoms with Crippen LogP contribution < -0.4 is 5.32 Å². The molecule has 0 spiro atoms. The largest absolute Gasteiger partial charge is 0.478 e. The number of aromatic carboxylic acids is 1. The number of carboxylic acids is 1. The molecule has 1 aromatic heterocycles. The summed E-state index contributed by atoms with van der Waals surface area (Å²) in [6.07, 6.45) is 0.432. The first-order valence-corrected chi connectivity index (χ1v) is 8.57. The summed E-state index contributed by atoms with van der Waals surface area (Å²) in [6.45, 7) is 0. The van der Waals surface area contributed by atoms with E-state index >= 15 is 0 Å². The van der Waals surface area contributed by atoms with Gasteiger partial charge in [-0.3, -0.25) is 4.79 Å². The number of hydrogen-bond donors (Lipinski definition) is 2. The molecule has 1 aromatic carbocycles. The minimum Gasteiger partial charge on any atom is -0.478 e. The maximum absolute atomic E-state index is 13.3. The van der Waals surface area contributed by atoms with Gasteiger partial charge in [0.05, 0.1) is 11.9 Å². The van der Waals surface area contributed by atoms with Gasteiger partial charge in [-0.15, -0.1) is 0 Å². The minimum atomic E-state index is -4.90. The number of anilines is 1. The molecule has 1 amide bonds. The minimum absolute atomic E-state index is 0.0104. The number of alkyl halides is 3. The Morgan fingerprint density at radius 2 is 1.89 bits per heavy atom. The molecule has 3 rings (SSSR count). The van der Waals surface area contributed by atoms with Crippen molar-refractivity contribution in [2.75, 3.05) is 5.32 Å². The lowest BCUT2D eigenvalue weighted by Gasteiger charge is -2.21. The summed E-state index contributed by atoms with van der Waals surface area (Å²) in [5, 5.41) is 15.3. The van der Waals surface area contributed by atoms with Crippen molar-refractivity contribution < 1.29 is 27.9 Å². The summed E-state index contributed by atoms with van der Waals surface area (Å²) >= 11 is 0. The van der Waals surface area contributed by atoms with E-state index in [1.54, 1.807) is 6.07 Å². The van der Waals surface area contributed by atoms with Crippen LogP contribution in [0.25, 0.3) is 5.69 Å². The number of carboxylic acid groups (broad SMARTS) is 1. The highest BCUT2D eigenvalue weighted by atomic mass is 19.4. The van der Waals surface area contributed by atoms with E-state index in [1.165, 1.54) is 18.2 Å². The Kier molecular flexibility index (Phi) is 5.20. The fourth-order valence-corrected chi connectivity index (χ4v) is 3.30. The number of aromatic nitrogens is 2. The molecule has 27 heavy (non-hydrogen) atoms. The lowest BCUT2D eigenvalue weighted by Crippen LogP contribution is -2.24. The molecule has 1 fully saturated rings. The van der Waals surface area contributed by atoms with Crippen LogP contribution in [-0.2, 0) is 11.0 Å². The lowest BCUT2D eigenvalue weighted by molar-refractivity contribution is -0.143. The molecule has 1 aliphatic carbocycles. The SMILES string of the molecule is O=C(O)c1cnn(-c2cccc(NC(=O)C3CCCCC3)c2)c1C(F)(F)F. The zero-order valence-electron chi connectivity index (χ0n) is 14.3. The molecule has 0 aliphatic heterocycles. The Morgan fingerprint density at radius 3 is 2.52 bits per heavy atom. The van der Waals surface area contributed by atoms with E-state index in [9.17, 15) is 22.8 Å². The van der Waals surface area contributed by atoms with Crippen LogP contribution in [0.4, 0.5) is 18.9 Å². The Labute approximate surface area is 153 Å². The number of rotatable bonds is 4. The van der Waals surface area contributed by atoms with Crippen LogP contribution in [0.2, 0.25) is 0 Å². The van der Waals surface area contributed by atoms with E-state index in [0.717, 1.165) is 32.1 Å². The molecular formula is C18H18F3N3O3. The number of carbonyl (C=O) groups is 2. The molecule has 9 heteroatoms. The van der Waals surface area contributed by atoms with Gasteiger partial charge in [-0.2, -0.15) is 18.3 Å². The standard InChI is InChI=1S/C18H18F3N3O3/c19-18(20,21)15-14(17(26)27)10-22-24(15)13-8-4-7-12(9-13)23-16(25)11-5-2-1-3-6-11/h4,7-11H,1-3,5-6H2,(H,23,25)(H,26,27). The average molecular weight is 381 g/mol. The third-order valence-corrected chi connectivity index (χ3v) is 4.60. The van der Waals surface area contributed by atoms with Gasteiger partial charge in [0.15, 0.2) is 5.69 Å². The number of benzene rings is 1. The maximum atomic E-state index is 13.3. The zero-order chi connectivity index (χ0) is 19.6. The van der Waals surface area contributed by atoms with Crippen LogP contribution in [0.5, 0.6) is 0 Å². The zero-order valence-corrected chi connectivity index (χ0v) is 14.3. The van der Waals surface area contributed by atoms with Gasteiger partial charge in [0.1, 0.15) is 5.56 Å². The molecule has 0 saturated heterocycles. The molecule has 2 N–H and O–H groups in total. The van der Waals surface area contributed by atoms with Gasteiger partial charge in [-0.25, -0.2) is 9.48 Å². The van der Waals surface area contributed by atoms with E-state index in [0.29, 0.717) is 16.6 Å². The maximum Gasteiger partial charge on any atom is 0.434 e. The lowest BCUT2D eigenvalue weighted by atomic mass is 9.88. The van der Waals surface area contributed by atoms with Crippen molar-refractivity contribution >= 4 is 17.6 Å². The topological polar surface area (TPSA) is 84.2 Å². The fraction of sp³-hybridized carbons (Fsp3) is 0.389. The monoisotopic (exact) mass is 381 g/mol. The van der Waals surface area contributed by atoms with Crippen molar-refractivity contribution in [1.29, 1.82) is 0 Å². The van der Waals surface area contributed by atoms with Gasteiger partial charge in [-0.1, -0.05) is 25.3 Å². The van der Waals surface area contributed by atoms with E-state index in [4.69, 9.17) is 5.11 Å². The van der Waals surface area contributed by atoms with Crippen LogP contribution in [0.3, 0.4) is 0 Å². The van der Waals surface area contributed by atoms with Crippen molar-refractivity contribution in [1.82, 2.24) is 9.78 Å². The molecule has 2 aromatic rings. The molecule has 1 saturated carbocycles. The third-order valence-electron chi connectivity index (χ3n) is 4.60. The van der Waals surface area contributed by atoms with E-state index in [1.807, 2.05) is 0 Å². The average Bonchev–Trinajstić information content (AvgIpc) is 3.08. The molecule has 0 radical (unpaired) electrons. The van der Waals surface area contributed by atoms with Crippen molar-refractivity contribution in [3.8, 4) is 5.69 Å². The molecule has 1 heterocycles. The van der Waals surface area contributed by atoms with Gasteiger partial charge in [0.25, 0.3) is 0 Å². The van der Waals surface area contributed by atoms with Crippen LogP contribution in [0.1, 0.15) is 48.2 Å². The highest BCUT2D eigenvalue weighted by Gasteiger charge is 2.40. The quantitative estimate of drug-likeness (QED) is 0.835. The van der Waals surface area contributed by atoms with Gasteiger partial charge in [0, 0.05) is 11.6 Å². The third kappa shape index (κ3) is 4.12. The number of carbonyl (C=O) groups excluding carboxylic acids is 1. The summed E-state index contributed by atoms with van der Waals surface area (Å²) < 4.78 is 40.6. The fourth-order valence-electron chi connectivity index (χ4n) is 3.30. The highest BCUT2D eigenvalue weighted by molar-refractivity contribution is 5.93. The summed E-state index contributed by atoms with van der Waals surface area (Å²) in [6, 6.07) is 5.76. The number of nitrogens with one attached hydrogen (secondary N) is 1. The highest BCUT2D eigenvalue weighted by Crippen LogP contribution is 2.34. The van der Waals surface area contributed by atoms with Crippen molar-refractivity contribution in [3.05, 3.63) is 41.7 Å². The van der Waals surface area contributed by atoms with Crippen molar-refractivity contribution in [2.45, 2.75) is 38.3 Å². The predicted octanol–water partition coefficient (Wildman–Crippen LogP) is 4.11. The Bertz CT molecular complexity index is 855. The second-order valence-corrected chi connectivity index (χ2v) is 6.50. The first-order chi connectivity index (χ1) is 12.8. The van der Waals surface area contributed by atoms with Crippen LogP contribution in [0.15, 0.2) is 30.5 Å². The van der Waals surface area contributed by atoms with Gasteiger partial charge in [-0.05, 0) is 31.0 Å². The Hall–Kier alpha value is -2.84. The number of nitrogens with zero attached hydrogens (tertiary/aromatic N) is 2. The van der Waals surface area contributed by atoms with Crippen molar-refractivity contribution in [3.63, 3.8) is 0 Å². The Morgan fingerprint density at radius 1 is 1.19 bits per heavy atom. The van der Waals surface area contributed by atoms with Gasteiger partial charge in [0.2, 0.25) is 5.91 Å². The van der Waals surface area contributed by atoms with Crippen LogP contribution in [-0.4, -0.2) is 26.8 Å². The van der Waals surface area contributed by atoms with Crippen LogP contribution >= 0.6 is 0 Å². The summed E-state index contributed by atoms with van der Waals surface area (Å²) in [4.78, 5) is 23.4. The second kappa shape index (κ2) is 7.42. The smallest absolute Gasteiger partial charge is 0.434 e.